The summed E-state index contributed by atoms with van der Waals surface area (Å²) in [5.74, 6) is 0.512. The molecule has 1 fully saturated rings. The second-order valence-corrected chi connectivity index (χ2v) is 8.11. The third-order valence-corrected chi connectivity index (χ3v) is 5.32. The molecule has 1 rings (SSSR count). The summed E-state index contributed by atoms with van der Waals surface area (Å²) in [6.07, 6.45) is 3.90. The van der Waals surface area contributed by atoms with Crippen LogP contribution in [0.2, 0.25) is 0 Å². The van der Waals surface area contributed by atoms with Gasteiger partial charge in [0.25, 0.3) is 10.2 Å². The van der Waals surface area contributed by atoms with E-state index in [9.17, 15) is 8.42 Å². The number of rotatable bonds is 8. The Morgan fingerprint density at radius 2 is 1.90 bits per heavy atom. The van der Waals surface area contributed by atoms with E-state index in [4.69, 9.17) is 0 Å². The van der Waals surface area contributed by atoms with Crippen LogP contribution in [0.4, 0.5) is 0 Å². The Balaban J connectivity index is 2.58. The smallest absolute Gasteiger partial charge is 0.279 e. The third-order valence-electron chi connectivity index (χ3n) is 3.65. The van der Waals surface area contributed by atoms with Crippen LogP contribution in [0.25, 0.3) is 0 Å². The largest absolute Gasteiger partial charge is 0.313 e. The van der Waals surface area contributed by atoms with Crippen molar-refractivity contribution >= 4 is 10.2 Å². The van der Waals surface area contributed by atoms with Crippen LogP contribution < -0.4 is 10.0 Å². The highest BCUT2D eigenvalue weighted by Crippen LogP contribution is 2.19. The zero-order valence-corrected chi connectivity index (χ0v) is 14.2. The minimum absolute atomic E-state index is 0.0858. The molecule has 0 bridgehead atoms. The fraction of sp³-hybridized carbons (Fsp3) is 1.00. The lowest BCUT2D eigenvalue weighted by Gasteiger charge is -2.35. The summed E-state index contributed by atoms with van der Waals surface area (Å²) in [6, 6.07) is 0.470. The molecule has 1 saturated heterocycles. The fourth-order valence-electron chi connectivity index (χ4n) is 2.43. The van der Waals surface area contributed by atoms with Crippen molar-refractivity contribution in [2.75, 3.05) is 19.6 Å². The van der Waals surface area contributed by atoms with E-state index < -0.39 is 10.2 Å². The average molecular weight is 305 g/mol. The van der Waals surface area contributed by atoms with Gasteiger partial charge in [-0.2, -0.15) is 12.7 Å². The van der Waals surface area contributed by atoms with E-state index in [2.05, 4.69) is 37.7 Å². The lowest BCUT2D eigenvalue weighted by atomic mass is 10.0. The third kappa shape index (κ3) is 6.08. The van der Waals surface area contributed by atoms with Crippen LogP contribution in [0, 0.1) is 5.92 Å². The van der Waals surface area contributed by atoms with Gasteiger partial charge in [0.15, 0.2) is 0 Å². The Hall–Kier alpha value is -0.170. The Kier molecular flexibility index (Phi) is 7.43. The van der Waals surface area contributed by atoms with Gasteiger partial charge in [-0.25, -0.2) is 4.72 Å². The predicted octanol–water partition coefficient (Wildman–Crippen LogP) is 1.72. The summed E-state index contributed by atoms with van der Waals surface area (Å²) in [7, 11) is -3.33. The predicted molar refractivity (Wildman–Crippen MR) is 83.9 cm³/mol. The first kappa shape index (κ1) is 17.9. The van der Waals surface area contributed by atoms with Crippen molar-refractivity contribution in [3.05, 3.63) is 0 Å². The van der Waals surface area contributed by atoms with Gasteiger partial charge in [0.1, 0.15) is 0 Å². The molecule has 120 valence electrons. The molecule has 1 unspecified atom stereocenters. The molecule has 1 heterocycles. The molecule has 6 heteroatoms. The molecule has 1 aliphatic rings. The first-order valence-corrected chi connectivity index (χ1v) is 9.26. The summed E-state index contributed by atoms with van der Waals surface area (Å²) < 4.78 is 29.2. The topological polar surface area (TPSA) is 61.4 Å². The number of hydrogen-bond donors (Lipinski definition) is 2. The van der Waals surface area contributed by atoms with Crippen LogP contribution >= 0.6 is 0 Å². The van der Waals surface area contributed by atoms with Crippen LogP contribution in [0.1, 0.15) is 53.4 Å². The maximum atomic E-state index is 12.4. The van der Waals surface area contributed by atoms with Crippen LogP contribution in [-0.2, 0) is 10.2 Å². The Bertz CT molecular complexity index is 369. The van der Waals surface area contributed by atoms with Crippen molar-refractivity contribution in [3.8, 4) is 0 Å². The van der Waals surface area contributed by atoms with Crippen molar-refractivity contribution < 1.29 is 8.42 Å². The van der Waals surface area contributed by atoms with E-state index in [1.165, 1.54) is 0 Å². The summed E-state index contributed by atoms with van der Waals surface area (Å²) >= 11 is 0. The molecule has 5 nitrogen and oxygen atoms in total. The van der Waals surface area contributed by atoms with Crippen LogP contribution in [0.15, 0.2) is 0 Å². The van der Waals surface area contributed by atoms with E-state index in [-0.39, 0.29) is 6.04 Å². The highest BCUT2D eigenvalue weighted by Gasteiger charge is 2.31. The fourth-order valence-corrected chi connectivity index (χ4v) is 3.91. The zero-order valence-electron chi connectivity index (χ0n) is 13.4. The lowest BCUT2D eigenvalue weighted by Crippen LogP contribution is -2.53. The maximum absolute atomic E-state index is 12.4. The first-order valence-electron chi connectivity index (χ1n) is 7.82. The monoisotopic (exact) mass is 305 g/mol. The molecule has 20 heavy (non-hydrogen) atoms. The van der Waals surface area contributed by atoms with E-state index in [1.807, 2.05) is 0 Å². The van der Waals surface area contributed by atoms with Crippen LogP contribution in [0.5, 0.6) is 0 Å². The molecule has 0 spiro atoms. The highest BCUT2D eigenvalue weighted by atomic mass is 32.2. The van der Waals surface area contributed by atoms with Gasteiger partial charge in [0.05, 0.1) is 0 Å². The lowest BCUT2D eigenvalue weighted by molar-refractivity contribution is 0.239. The number of piperidine rings is 1. The van der Waals surface area contributed by atoms with Crippen LogP contribution in [-0.4, -0.2) is 44.4 Å². The quantitative estimate of drug-likeness (QED) is 0.718. The first-order chi connectivity index (χ1) is 9.33. The molecule has 0 aromatic rings. The van der Waals surface area contributed by atoms with E-state index in [0.717, 1.165) is 32.2 Å². The number of nitrogens with zero attached hydrogens (tertiary/aromatic N) is 1. The molecule has 0 saturated carbocycles. The molecule has 2 N–H and O–H groups in total. The average Bonchev–Trinajstić information content (AvgIpc) is 2.36. The van der Waals surface area contributed by atoms with Crippen LogP contribution in [0.3, 0.4) is 0 Å². The van der Waals surface area contributed by atoms with E-state index in [1.54, 1.807) is 4.31 Å². The molecule has 0 aromatic heterocycles. The van der Waals surface area contributed by atoms with Gasteiger partial charge >= 0.3 is 0 Å². The summed E-state index contributed by atoms with van der Waals surface area (Å²) in [6.45, 7) is 10.3. The van der Waals surface area contributed by atoms with Crippen molar-refractivity contribution in [1.29, 1.82) is 0 Å². The van der Waals surface area contributed by atoms with Gasteiger partial charge < -0.3 is 5.32 Å². The minimum Gasteiger partial charge on any atom is -0.313 e. The van der Waals surface area contributed by atoms with Gasteiger partial charge in [-0.15, -0.1) is 0 Å². The zero-order chi connectivity index (χ0) is 15.2. The Labute approximate surface area is 124 Å². The number of nitrogens with one attached hydrogen (secondary N) is 2. The Morgan fingerprint density at radius 3 is 2.50 bits per heavy atom. The van der Waals surface area contributed by atoms with E-state index in [0.29, 0.717) is 25.0 Å². The molecule has 1 atom stereocenters. The van der Waals surface area contributed by atoms with E-state index >= 15 is 0 Å². The van der Waals surface area contributed by atoms with Crippen molar-refractivity contribution in [2.45, 2.75) is 65.5 Å². The van der Waals surface area contributed by atoms with Crippen molar-refractivity contribution in [1.82, 2.24) is 14.3 Å². The second kappa shape index (κ2) is 8.32. The van der Waals surface area contributed by atoms with Crippen molar-refractivity contribution in [3.63, 3.8) is 0 Å². The van der Waals surface area contributed by atoms with Gasteiger partial charge in [0, 0.05) is 31.7 Å². The second-order valence-electron chi connectivity index (χ2n) is 6.41. The molecular weight excluding hydrogens is 274 g/mol. The van der Waals surface area contributed by atoms with Gasteiger partial charge in [-0.3, -0.25) is 0 Å². The SMILES string of the molecule is CC(C)CCNS(=O)(=O)N1CCCCC1CNC(C)C. The summed E-state index contributed by atoms with van der Waals surface area (Å²) in [5.41, 5.74) is 0. The van der Waals surface area contributed by atoms with Gasteiger partial charge in [0.2, 0.25) is 0 Å². The Morgan fingerprint density at radius 1 is 1.20 bits per heavy atom. The molecule has 0 radical (unpaired) electrons. The standard InChI is InChI=1S/C14H31N3O2S/c1-12(2)8-9-16-20(18,19)17-10-6-5-7-14(17)11-15-13(3)4/h12-16H,5-11H2,1-4H3. The summed E-state index contributed by atoms with van der Waals surface area (Å²) in [4.78, 5) is 0. The van der Waals surface area contributed by atoms with Crippen molar-refractivity contribution in [2.24, 2.45) is 5.92 Å². The molecule has 1 aliphatic heterocycles. The molecule has 0 aromatic carbocycles. The highest BCUT2D eigenvalue weighted by molar-refractivity contribution is 7.87. The normalized spacial score (nSPS) is 21.8. The molecule has 0 amide bonds. The summed E-state index contributed by atoms with van der Waals surface area (Å²) in [5, 5.41) is 3.36. The van der Waals surface area contributed by atoms with Gasteiger partial charge in [-0.05, 0) is 25.2 Å². The minimum atomic E-state index is -3.33. The number of hydrogen-bond acceptors (Lipinski definition) is 3. The molecule has 0 aliphatic carbocycles. The van der Waals surface area contributed by atoms with Gasteiger partial charge in [-0.1, -0.05) is 34.1 Å². The molecular formula is C14H31N3O2S. The maximum Gasteiger partial charge on any atom is 0.279 e.